The lowest BCUT2D eigenvalue weighted by molar-refractivity contribution is 0.201. The van der Waals surface area contributed by atoms with Crippen molar-refractivity contribution in [2.45, 2.75) is 37.8 Å². The standard InChI is InChI=1S/C8H18N2.ClH/c1-10(2)8-6-4-3-5-7(8)9;/h7-8H,3-6,9H2,1-2H3;1H/t7-,8-;/m1./s1. The average Bonchev–Trinajstić information content (AvgIpc) is 1.88. The molecule has 0 aromatic rings. The van der Waals surface area contributed by atoms with Crippen LogP contribution in [0.4, 0.5) is 0 Å². The smallest absolute Gasteiger partial charge is 0.0241 e. The molecule has 0 bridgehead atoms. The fourth-order valence-electron chi connectivity index (χ4n) is 1.78. The fraction of sp³-hybridized carbons (Fsp3) is 1.00. The number of hydrogen-bond acceptors (Lipinski definition) is 2. The molecule has 0 saturated heterocycles. The topological polar surface area (TPSA) is 29.3 Å². The monoisotopic (exact) mass is 178 g/mol. The van der Waals surface area contributed by atoms with Gasteiger partial charge in [-0.05, 0) is 26.9 Å². The zero-order chi connectivity index (χ0) is 7.56. The van der Waals surface area contributed by atoms with Crippen molar-refractivity contribution in [2.75, 3.05) is 14.1 Å². The average molecular weight is 179 g/mol. The third-order valence-corrected chi connectivity index (χ3v) is 2.44. The van der Waals surface area contributed by atoms with E-state index in [1.54, 1.807) is 0 Å². The van der Waals surface area contributed by atoms with Crippen LogP contribution in [0.2, 0.25) is 0 Å². The van der Waals surface area contributed by atoms with Gasteiger partial charge in [0.2, 0.25) is 0 Å². The molecule has 0 unspecified atom stereocenters. The summed E-state index contributed by atoms with van der Waals surface area (Å²) in [5.41, 5.74) is 5.94. The highest BCUT2D eigenvalue weighted by Crippen LogP contribution is 2.19. The molecule has 1 rings (SSSR count). The van der Waals surface area contributed by atoms with Crippen molar-refractivity contribution in [2.24, 2.45) is 5.73 Å². The Labute approximate surface area is 75.5 Å². The highest BCUT2D eigenvalue weighted by molar-refractivity contribution is 5.85. The zero-order valence-electron chi connectivity index (χ0n) is 7.42. The summed E-state index contributed by atoms with van der Waals surface area (Å²) < 4.78 is 0. The molecular formula is C8H19ClN2. The Morgan fingerprint density at radius 1 is 1.18 bits per heavy atom. The zero-order valence-corrected chi connectivity index (χ0v) is 8.23. The van der Waals surface area contributed by atoms with Crippen LogP contribution < -0.4 is 5.73 Å². The van der Waals surface area contributed by atoms with Crippen LogP contribution in [0.3, 0.4) is 0 Å². The highest BCUT2D eigenvalue weighted by atomic mass is 35.5. The minimum atomic E-state index is 0. The van der Waals surface area contributed by atoms with Crippen LogP contribution >= 0.6 is 12.4 Å². The van der Waals surface area contributed by atoms with Gasteiger partial charge in [-0.3, -0.25) is 0 Å². The number of likely N-dealkylation sites (N-methyl/N-ethyl adjacent to an activating group) is 1. The quantitative estimate of drug-likeness (QED) is 0.655. The number of nitrogens with zero attached hydrogens (tertiary/aromatic N) is 1. The second-order valence-electron chi connectivity index (χ2n) is 3.48. The molecule has 0 aromatic carbocycles. The van der Waals surface area contributed by atoms with E-state index in [1.165, 1.54) is 25.7 Å². The van der Waals surface area contributed by atoms with Gasteiger partial charge in [-0.1, -0.05) is 12.8 Å². The molecule has 1 fully saturated rings. The predicted octanol–water partition coefficient (Wildman–Crippen LogP) is 1.24. The minimum Gasteiger partial charge on any atom is -0.326 e. The first-order chi connectivity index (χ1) is 4.72. The molecule has 0 aliphatic heterocycles. The van der Waals surface area contributed by atoms with Gasteiger partial charge in [0.25, 0.3) is 0 Å². The maximum absolute atomic E-state index is 5.94. The van der Waals surface area contributed by atoms with Gasteiger partial charge in [0.15, 0.2) is 0 Å². The van der Waals surface area contributed by atoms with Gasteiger partial charge >= 0.3 is 0 Å². The van der Waals surface area contributed by atoms with Crippen molar-refractivity contribution in [3.8, 4) is 0 Å². The van der Waals surface area contributed by atoms with E-state index in [0.29, 0.717) is 12.1 Å². The van der Waals surface area contributed by atoms with Gasteiger partial charge in [-0.25, -0.2) is 0 Å². The summed E-state index contributed by atoms with van der Waals surface area (Å²) in [6.45, 7) is 0. The van der Waals surface area contributed by atoms with Gasteiger partial charge < -0.3 is 10.6 Å². The molecule has 68 valence electrons. The Morgan fingerprint density at radius 2 is 1.73 bits per heavy atom. The molecule has 3 heteroatoms. The molecule has 2 atom stereocenters. The van der Waals surface area contributed by atoms with Crippen LogP contribution in [-0.4, -0.2) is 31.1 Å². The first-order valence-electron chi connectivity index (χ1n) is 4.14. The lowest BCUT2D eigenvalue weighted by Crippen LogP contribution is -2.46. The van der Waals surface area contributed by atoms with Crippen LogP contribution in [0.15, 0.2) is 0 Å². The van der Waals surface area contributed by atoms with Gasteiger partial charge in [0.1, 0.15) is 0 Å². The van der Waals surface area contributed by atoms with E-state index in [2.05, 4.69) is 19.0 Å². The van der Waals surface area contributed by atoms with Crippen LogP contribution in [0, 0.1) is 0 Å². The summed E-state index contributed by atoms with van der Waals surface area (Å²) >= 11 is 0. The predicted molar refractivity (Wildman–Crippen MR) is 51.2 cm³/mol. The number of rotatable bonds is 1. The molecule has 11 heavy (non-hydrogen) atoms. The molecule has 0 radical (unpaired) electrons. The van der Waals surface area contributed by atoms with E-state index in [9.17, 15) is 0 Å². The largest absolute Gasteiger partial charge is 0.326 e. The van der Waals surface area contributed by atoms with E-state index < -0.39 is 0 Å². The maximum Gasteiger partial charge on any atom is 0.0241 e. The Morgan fingerprint density at radius 3 is 2.09 bits per heavy atom. The number of halogens is 1. The molecule has 0 aromatic heterocycles. The summed E-state index contributed by atoms with van der Waals surface area (Å²) in [5.74, 6) is 0. The maximum atomic E-state index is 5.94. The molecule has 1 aliphatic rings. The summed E-state index contributed by atoms with van der Waals surface area (Å²) in [6, 6.07) is 1.05. The van der Waals surface area contributed by atoms with Crippen LogP contribution in [0.25, 0.3) is 0 Å². The second-order valence-corrected chi connectivity index (χ2v) is 3.48. The van der Waals surface area contributed by atoms with Gasteiger partial charge in [-0.2, -0.15) is 0 Å². The van der Waals surface area contributed by atoms with Gasteiger partial charge in [0, 0.05) is 12.1 Å². The van der Waals surface area contributed by atoms with Crippen molar-refractivity contribution in [1.82, 2.24) is 4.90 Å². The molecule has 0 heterocycles. The molecule has 2 nitrogen and oxygen atoms in total. The highest BCUT2D eigenvalue weighted by Gasteiger charge is 2.22. The van der Waals surface area contributed by atoms with E-state index in [4.69, 9.17) is 5.73 Å². The third kappa shape index (κ3) is 2.97. The van der Waals surface area contributed by atoms with Crippen LogP contribution in [0.5, 0.6) is 0 Å². The van der Waals surface area contributed by atoms with Crippen molar-refractivity contribution >= 4 is 12.4 Å². The summed E-state index contributed by atoms with van der Waals surface area (Å²) in [4.78, 5) is 2.25. The summed E-state index contributed by atoms with van der Waals surface area (Å²) in [7, 11) is 4.24. The van der Waals surface area contributed by atoms with E-state index in [0.717, 1.165) is 0 Å². The molecule has 0 spiro atoms. The Kier molecular flexibility index (Phi) is 5.06. The molecular weight excluding hydrogens is 160 g/mol. The van der Waals surface area contributed by atoms with E-state index >= 15 is 0 Å². The fourth-order valence-corrected chi connectivity index (χ4v) is 1.78. The molecule has 1 saturated carbocycles. The third-order valence-electron chi connectivity index (χ3n) is 2.44. The van der Waals surface area contributed by atoms with E-state index in [-0.39, 0.29) is 12.4 Å². The SMILES string of the molecule is CN(C)[C@@H]1CCCC[C@H]1N.Cl. The van der Waals surface area contributed by atoms with Gasteiger partial charge in [-0.15, -0.1) is 12.4 Å². The normalized spacial score (nSPS) is 31.6. The number of nitrogens with two attached hydrogens (primary N) is 1. The summed E-state index contributed by atoms with van der Waals surface area (Å²) in [6.07, 6.45) is 5.18. The second kappa shape index (κ2) is 4.96. The first kappa shape index (κ1) is 11.2. The summed E-state index contributed by atoms with van der Waals surface area (Å²) in [5, 5.41) is 0. The van der Waals surface area contributed by atoms with Crippen LogP contribution in [-0.2, 0) is 0 Å². The van der Waals surface area contributed by atoms with Crippen LogP contribution in [0.1, 0.15) is 25.7 Å². The Balaban J connectivity index is 0.000001000. The van der Waals surface area contributed by atoms with Crippen molar-refractivity contribution in [1.29, 1.82) is 0 Å². The minimum absolute atomic E-state index is 0. The Hall–Kier alpha value is 0.210. The molecule has 2 N–H and O–H groups in total. The molecule has 0 amide bonds. The van der Waals surface area contributed by atoms with Crippen molar-refractivity contribution in [3.05, 3.63) is 0 Å². The lowest BCUT2D eigenvalue weighted by Gasteiger charge is -2.33. The lowest BCUT2D eigenvalue weighted by atomic mass is 9.90. The molecule has 1 aliphatic carbocycles. The van der Waals surface area contributed by atoms with E-state index in [1.807, 2.05) is 0 Å². The van der Waals surface area contributed by atoms with Crippen molar-refractivity contribution in [3.63, 3.8) is 0 Å². The van der Waals surface area contributed by atoms with Crippen molar-refractivity contribution < 1.29 is 0 Å². The first-order valence-corrected chi connectivity index (χ1v) is 4.14. The van der Waals surface area contributed by atoms with Gasteiger partial charge in [0.05, 0.1) is 0 Å². The number of hydrogen-bond donors (Lipinski definition) is 1. The Bertz CT molecular complexity index is 106.